The zero-order chi connectivity index (χ0) is 12.4. The topological polar surface area (TPSA) is 31.4 Å². The summed E-state index contributed by atoms with van der Waals surface area (Å²) in [5.41, 5.74) is -0.0956. The monoisotopic (exact) mass is 225 g/mol. The summed E-state index contributed by atoms with van der Waals surface area (Å²) in [7, 11) is 0. The molecule has 0 spiro atoms. The fourth-order valence-electron chi connectivity index (χ4n) is 0.942. The molecule has 3 nitrogen and oxygen atoms in total. The number of pyridine rings is 1. The molecule has 1 aromatic rings. The summed E-state index contributed by atoms with van der Waals surface area (Å²) in [5, 5.41) is 0. The molecule has 0 atom stereocenters. The van der Waals surface area contributed by atoms with Gasteiger partial charge in [-0.05, 0) is 32.9 Å². The summed E-state index contributed by atoms with van der Waals surface area (Å²) in [6.07, 6.45) is 3.42. The second-order valence-electron chi connectivity index (χ2n) is 3.99. The summed E-state index contributed by atoms with van der Waals surface area (Å²) < 4.78 is 10.9. The lowest BCUT2D eigenvalue weighted by Crippen LogP contribution is -2.22. The fraction of sp³-hybridized carbons (Fsp3) is 0.615. The second kappa shape index (κ2) is 8.11. The first kappa shape index (κ1) is 14.9. The molecule has 0 bridgehead atoms. The molecule has 1 heterocycles. The van der Waals surface area contributed by atoms with E-state index in [2.05, 4.69) is 4.98 Å². The van der Waals surface area contributed by atoms with Gasteiger partial charge in [0.2, 0.25) is 0 Å². The maximum Gasteiger partial charge on any atom is 0.122 e. The molecule has 3 heteroatoms. The van der Waals surface area contributed by atoms with Crippen LogP contribution in [0.3, 0.4) is 0 Å². The predicted molar refractivity (Wildman–Crippen MR) is 66.8 cm³/mol. The van der Waals surface area contributed by atoms with Gasteiger partial charge < -0.3 is 9.47 Å². The third-order valence-corrected chi connectivity index (χ3v) is 1.54. The van der Waals surface area contributed by atoms with Gasteiger partial charge in [-0.1, -0.05) is 13.8 Å². The lowest BCUT2D eigenvalue weighted by Gasteiger charge is -2.19. The van der Waals surface area contributed by atoms with E-state index >= 15 is 0 Å². The normalized spacial score (nSPS) is 10.3. The van der Waals surface area contributed by atoms with Crippen LogP contribution in [0, 0.1) is 0 Å². The molecule has 0 saturated heterocycles. The first-order valence-corrected chi connectivity index (χ1v) is 5.75. The molecule has 0 aliphatic heterocycles. The molecule has 1 aromatic heterocycles. The van der Waals surface area contributed by atoms with E-state index in [9.17, 15) is 0 Å². The highest BCUT2D eigenvalue weighted by molar-refractivity contribution is 5.16. The quantitative estimate of drug-likeness (QED) is 0.737. The third-order valence-electron chi connectivity index (χ3n) is 1.54. The fourth-order valence-corrected chi connectivity index (χ4v) is 0.942. The summed E-state index contributed by atoms with van der Waals surface area (Å²) in [6.45, 7) is 11.3. The van der Waals surface area contributed by atoms with Gasteiger partial charge in [0.25, 0.3) is 0 Å². The Labute approximate surface area is 98.8 Å². The van der Waals surface area contributed by atoms with Crippen LogP contribution in [-0.4, -0.2) is 23.8 Å². The van der Waals surface area contributed by atoms with Crippen LogP contribution in [0.2, 0.25) is 0 Å². The molecule has 0 fully saturated rings. The molecule has 16 heavy (non-hydrogen) atoms. The van der Waals surface area contributed by atoms with E-state index in [1.807, 2.05) is 46.8 Å². The van der Waals surface area contributed by atoms with Crippen molar-refractivity contribution in [1.29, 1.82) is 0 Å². The van der Waals surface area contributed by atoms with E-state index in [0.29, 0.717) is 13.2 Å². The average Bonchev–Trinajstić information content (AvgIpc) is 2.28. The van der Waals surface area contributed by atoms with E-state index in [1.165, 1.54) is 0 Å². The lowest BCUT2D eigenvalue weighted by atomic mass is 10.2. The summed E-state index contributed by atoms with van der Waals surface area (Å²) in [4.78, 5) is 3.90. The summed E-state index contributed by atoms with van der Waals surface area (Å²) in [5.74, 6) is 0.831. The number of hydrogen-bond acceptors (Lipinski definition) is 3. The van der Waals surface area contributed by atoms with Gasteiger partial charge in [0.15, 0.2) is 0 Å². The number of ether oxygens (including phenoxy) is 2. The molecule has 0 saturated carbocycles. The minimum atomic E-state index is -0.0956. The highest BCUT2D eigenvalue weighted by Crippen LogP contribution is 2.08. The summed E-state index contributed by atoms with van der Waals surface area (Å²) >= 11 is 0. The van der Waals surface area contributed by atoms with Gasteiger partial charge in [0.05, 0.1) is 12.2 Å². The van der Waals surface area contributed by atoms with Gasteiger partial charge in [-0.3, -0.25) is 4.98 Å². The lowest BCUT2D eigenvalue weighted by molar-refractivity contribution is -0.0163. The largest absolute Gasteiger partial charge is 0.491 e. The molecule has 92 valence electrons. The Bertz CT molecular complexity index is 254. The average molecular weight is 225 g/mol. The smallest absolute Gasteiger partial charge is 0.122 e. The predicted octanol–water partition coefficient (Wildman–Crippen LogP) is 3.30. The van der Waals surface area contributed by atoms with Crippen LogP contribution in [-0.2, 0) is 4.74 Å². The van der Waals surface area contributed by atoms with Crippen LogP contribution in [0.25, 0.3) is 0 Å². The van der Waals surface area contributed by atoms with Crippen LogP contribution in [0.4, 0.5) is 0 Å². The van der Waals surface area contributed by atoms with Crippen LogP contribution in [0.15, 0.2) is 24.5 Å². The van der Waals surface area contributed by atoms with Crippen LogP contribution in [0.1, 0.15) is 34.6 Å². The highest BCUT2D eigenvalue weighted by Gasteiger charge is 2.08. The van der Waals surface area contributed by atoms with Crippen molar-refractivity contribution >= 4 is 0 Å². The molecule has 0 unspecified atom stereocenters. The van der Waals surface area contributed by atoms with Crippen molar-refractivity contribution < 1.29 is 9.47 Å². The Balaban J connectivity index is 0.00000106. The van der Waals surface area contributed by atoms with E-state index < -0.39 is 0 Å². The Kier molecular flexibility index (Phi) is 7.56. The number of nitrogens with zero attached hydrogens (tertiary/aromatic N) is 1. The van der Waals surface area contributed by atoms with Gasteiger partial charge in [-0.2, -0.15) is 0 Å². The van der Waals surface area contributed by atoms with Crippen molar-refractivity contribution in [3.8, 4) is 5.75 Å². The number of hydrogen-bond donors (Lipinski definition) is 0. The third kappa shape index (κ3) is 8.24. The molecule has 0 N–H and O–H groups in total. The molecule has 0 radical (unpaired) electrons. The molecule has 0 amide bonds. The maximum absolute atomic E-state index is 5.51. The standard InChI is InChI=1S/C11H17NO2.C2H6/c1-11(2,3)14-9-8-13-10-4-6-12-7-5-10;1-2/h4-7H,8-9H2,1-3H3;1-2H3. The minimum absolute atomic E-state index is 0.0956. The Morgan fingerprint density at radius 3 is 2.12 bits per heavy atom. The van der Waals surface area contributed by atoms with E-state index in [-0.39, 0.29) is 5.60 Å². The molecule has 1 rings (SSSR count). The zero-order valence-electron chi connectivity index (χ0n) is 11.0. The van der Waals surface area contributed by atoms with Gasteiger partial charge in [0, 0.05) is 12.4 Å². The number of aromatic nitrogens is 1. The van der Waals surface area contributed by atoms with Crippen LogP contribution >= 0.6 is 0 Å². The van der Waals surface area contributed by atoms with E-state index in [4.69, 9.17) is 9.47 Å². The molecular formula is C13H23NO2. The van der Waals surface area contributed by atoms with Crippen LogP contribution in [0.5, 0.6) is 5.75 Å². The molecular weight excluding hydrogens is 202 g/mol. The zero-order valence-corrected chi connectivity index (χ0v) is 11.0. The van der Waals surface area contributed by atoms with Crippen molar-refractivity contribution in [2.24, 2.45) is 0 Å². The van der Waals surface area contributed by atoms with Gasteiger partial charge in [0.1, 0.15) is 12.4 Å². The van der Waals surface area contributed by atoms with Gasteiger partial charge in [-0.15, -0.1) is 0 Å². The van der Waals surface area contributed by atoms with Gasteiger partial charge >= 0.3 is 0 Å². The molecule has 0 aromatic carbocycles. The van der Waals surface area contributed by atoms with Crippen molar-refractivity contribution in [1.82, 2.24) is 4.98 Å². The first-order valence-electron chi connectivity index (χ1n) is 5.75. The number of rotatable bonds is 4. The van der Waals surface area contributed by atoms with Crippen molar-refractivity contribution in [3.63, 3.8) is 0 Å². The van der Waals surface area contributed by atoms with Crippen LogP contribution < -0.4 is 4.74 Å². The summed E-state index contributed by atoms with van der Waals surface area (Å²) in [6, 6.07) is 3.66. The van der Waals surface area contributed by atoms with Crippen molar-refractivity contribution in [2.45, 2.75) is 40.2 Å². The SMILES string of the molecule is CC.CC(C)(C)OCCOc1ccncc1. The molecule has 0 aliphatic carbocycles. The molecule has 0 aliphatic rings. The maximum atomic E-state index is 5.51. The first-order chi connectivity index (χ1) is 7.58. The minimum Gasteiger partial charge on any atom is -0.491 e. The highest BCUT2D eigenvalue weighted by atomic mass is 16.5. The Morgan fingerprint density at radius 1 is 1.06 bits per heavy atom. The van der Waals surface area contributed by atoms with E-state index in [0.717, 1.165) is 5.75 Å². The van der Waals surface area contributed by atoms with Crippen molar-refractivity contribution in [2.75, 3.05) is 13.2 Å². The van der Waals surface area contributed by atoms with Crippen molar-refractivity contribution in [3.05, 3.63) is 24.5 Å². The Hall–Kier alpha value is -1.09. The Morgan fingerprint density at radius 2 is 1.62 bits per heavy atom. The van der Waals surface area contributed by atoms with Gasteiger partial charge in [-0.25, -0.2) is 0 Å². The second-order valence-corrected chi connectivity index (χ2v) is 3.99. The van der Waals surface area contributed by atoms with E-state index in [1.54, 1.807) is 12.4 Å².